The summed E-state index contributed by atoms with van der Waals surface area (Å²) in [7, 11) is 1.61. The van der Waals surface area contributed by atoms with Crippen molar-refractivity contribution in [2.75, 3.05) is 36.9 Å². The number of nitrogens with zero attached hydrogens (tertiary/aromatic N) is 2. The molecule has 21 heavy (non-hydrogen) atoms. The van der Waals surface area contributed by atoms with E-state index in [1.165, 1.54) is 0 Å². The summed E-state index contributed by atoms with van der Waals surface area (Å²) in [6, 6.07) is 1.66. The molecule has 1 heterocycles. The lowest BCUT2D eigenvalue weighted by molar-refractivity contribution is -0.119. The van der Waals surface area contributed by atoms with Crippen molar-refractivity contribution in [3.63, 3.8) is 0 Å². The molecule has 1 aromatic rings. The smallest absolute Gasteiger partial charge is 0.239 e. The summed E-state index contributed by atoms with van der Waals surface area (Å²) in [6.45, 7) is 5.78. The van der Waals surface area contributed by atoms with Crippen LogP contribution in [0.15, 0.2) is 6.07 Å². The maximum Gasteiger partial charge on any atom is 0.239 e. The fourth-order valence-corrected chi connectivity index (χ4v) is 2.37. The van der Waals surface area contributed by atoms with Gasteiger partial charge in [-0.05, 0) is 18.9 Å². The van der Waals surface area contributed by atoms with Crippen molar-refractivity contribution in [3.8, 4) is 0 Å². The molecular weight excluding hydrogens is 311 g/mol. The number of anilines is 2. The van der Waals surface area contributed by atoms with Crippen LogP contribution in [0.1, 0.15) is 26.7 Å². The van der Waals surface area contributed by atoms with Gasteiger partial charge in [0.25, 0.3) is 0 Å². The van der Waals surface area contributed by atoms with Crippen LogP contribution in [0.25, 0.3) is 0 Å². The molecule has 1 rings (SSSR count). The van der Waals surface area contributed by atoms with Crippen LogP contribution in [0.4, 0.5) is 11.6 Å². The molecule has 118 valence electrons. The number of amides is 1. The average molecular weight is 333 g/mol. The highest BCUT2D eigenvalue weighted by molar-refractivity contribution is 6.37. The van der Waals surface area contributed by atoms with Crippen LogP contribution in [0.3, 0.4) is 0 Å². The van der Waals surface area contributed by atoms with Gasteiger partial charge >= 0.3 is 0 Å². The molecule has 0 aromatic carbocycles. The minimum absolute atomic E-state index is 0.0839. The van der Waals surface area contributed by atoms with Gasteiger partial charge in [-0.25, -0.2) is 4.98 Å². The lowest BCUT2D eigenvalue weighted by atomic mass is 10.3. The molecule has 0 aliphatic carbocycles. The van der Waals surface area contributed by atoms with Crippen molar-refractivity contribution in [2.45, 2.75) is 26.7 Å². The number of pyridine rings is 1. The minimum atomic E-state index is -0.0839. The van der Waals surface area contributed by atoms with E-state index in [0.717, 1.165) is 19.4 Å². The Hall–Kier alpha value is -1.20. The van der Waals surface area contributed by atoms with Gasteiger partial charge in [0.05, 0.1) is 16.6 Å². The number of hydrogen-bond donors (Lipinski definition) is 2. The normalized spacial score (nSPS) is 10.3. The van der Waals surface area contributed by atoms with Crippen molar-refractivity contribution in [1.29, 1.82) is 0 Å². The molecule has 0 aliphatic heterocycles. The van der Waals surface area contributed by atoms with E-state index >= 15 is 0 Å². The van der Waals surface area contributed by atoms with Gasteiger partial charge in [0.15, 0.2) is 0 Å². The maximum atomic E-state index is 11.6. The first kappa shape index (κ1) is 17.9. The van der Waals surface area contributed by atoms with Gasteiger partial charge in [-0.2, -0.15) is 0 Å². The highest BCUT2D eigenvalue weighted by atomic mass is 35.5. The molecule has 0 unspecified atom stereocenters. The second-order valence-electron chi connectivity index (χ2n) is 4.65. The standard InChI is InChI=1S/C14H22Cl2N4O/c1-4-6-18-13-10(15)8-11(16)14(19-13)20(7-5-2)9-12(21)17-3/h8H,4-7,9H2,1-3H3,(H,17,21)(H,18,19). The molecule has 0 bridgehead atoms. The summed E-state index contributed by atoms with van der Waals surface area (Å²) < 4.78 is 0. The van der Waals surface area contributed by atoms with E-state index in [-0.39, 0.29) is 12.5 Å². The number of aromatic nitrogens is 1. The molecule has 0 saturated heterocycles. The van der Waals surface area contributed by atoms with Crippen molar-refractivity contribution in [2.24, 2.45) is 0 Å². The molecule has 1 aromatic heterocycles. The molecular formula is C14H22Cl2N4O. The monoisotopic (exact) mass is 332 g/mol. The predicted molar refractivity (Wildman–Crippen MR) is 89.6 cm³/mol. The van der Waals surface area contributed by atoms with E-state index in [1.807, 2.05) is 11.8 Å². The summed E-state index contributed by atoms with van der Waals surface area (Å²) in [4.78, 5) is 18.0. The van der Waals surface area contributed by atoms with Crippen molar-refractivity contribution in [1.82, 2.24) is 10.3 Å². The zero-order chi connectivity index (χ0) is 15.8. The molecule has 0 spiro atoms. The van der Waals surface area contributed by atoms with E-state index < -0.39 is 0 Å². The van der Waals surface area contributed by atoms with E-state index in [1.54, 1.807) is 13.1 Å². The highest BCUT2D eigenvalue weighted by Crippen LogP contribution is 2.31. The van der Waals surface area contributed by atoms with Crippen LogP contribution in [0.2, 0.25) is 10.0 Å². The summed E-state index contributed by atoms with van der Waals surface area (Å²) in [6.07, 6.45) is 1.85. The number of carbonyl (C=O) groups excluding carboxylic acids is 1. The number of carbonyl (C=O) groups is 1. The third-order valence-corrected chi connectivity index (χ3v) is 3.43. The second kappa shape index (κ2) is 8.95. The topological polar surface area (TPSA) is 57.3 Å². The zero-order valence-electron chi connectivity index (χ0n) is 12.7. The van der Waals surface area contributed by atoms with Gasteiger partial charge in [-0.1, -0.05) is 37.0 Å². The Morgan fingerprint density at radius 1 is 1.29 bits per heavy atom. The van der Waals surface area contributed by atoms with Crippen LogP contribution < -0.4 is 15.5 Å². The fraction of sp³-hybridized carbons (Fsp3) is 0.571. The van der Waals surface area contributed by atoms with Crippen LogP contribution in [0.5, 0.6) is 0 Å². The zero-order valence-corrected chi connectivity index (χ0v) is 14.2. The van der Waals surface area contributed by atoms with Crippen LogP contribution in [-0.2, 0) is 4.79 Å². The first-order valence-corrected chi connectivity index (χ1v) is 7.84. The van der Waals surface area contributed by atoms with Gasteiger partial charge < -0.3 is 15.5 Å². The minimum Gasteiger partial charge on any atom is -0.369 e. The van der Waals surface area contributed by atoms with Gasteiger partial charge in [0.1, 0.15) is 11.6 Å². The molecule has 1 amide bonds. The molecule has 5 nitrogen and oxygen atoms in total. The molecule has 2 N–H and O–H groups in total. The Morgan fingerprint density at radius 3 is 2.57 bits per heavy atom. The number of likely N-dealkylation sites (N-methyl/N-ethyl adjacent to an activating group) is 1. The Balaban J connectivity index is 3.07. The first-order valence-electron chi connectivity index (χ1n) is 7.08. The van der Waals surface area contributed by atoms with E-state index in [9.17, 15) is 4.79 Å². The van der Waals surface area contributed by atoms with E-state index in [2.05, 4.69) is 22.5 Å². The lowest BCUT2D eigenvalue weighted by Gasteiger charge is -2.24. The molecule has 0 radical (unpaired) electrons. The van der Waals surface area contributed by atoms with Gasteiger partial charge in [0.2, 0.25) is 5.91 Å². The first-order chi connectivity index (χ1) is 10.0. The van der Waals surface area contributed by atoms with Gasteiger partial charge in [-0.3, -0.25) is 4.79 Å². The number of rotatable bonds is 8. The van der Waals surface area contributed by atoms with Crippen molar-refractivity contribution >= 4 is 40.7 Å². The van der Waals surface area contributed by atoms with Crippen molar-refractivity contribution < 1.29 is 4.79 Å². The van der Waals surface area contributed by atoms with Crippen LogP contribution in [-0.4, -0.2) is 37.6 Å². The predicted octanol–water partition coefficient (Wildman–Crippen LogP) is 3.17. The summed E-state index contributed by atoms with van der Waals surface area (Å²) in [5.41, 5.74) is 0. The number of nitrogens with one attached hydrogen (secondary N) is 2. The quantitative estimate of drug-likeness (QED) is 0.767. The third-order valence-electron chi connectivity index (χ3n) is 2.86. The van der Waals surface area contributed by atoms with Crippen molar-refractivity contribution in [3.05, 3.63) is 16.1 Å². The van der Waals surface area contributed by atoms with Gasteiger partial charge in [0, 0.05) is 20.1 Å². The lowest BCUT2D eigenvalue weighted by Crippen LogP contribution is -2.36. The molecule has 7 heteroatoms. The van der Waals surface area contributed by atoms with E-state index in [0.29, 0.717) is 28.2 Å². The number of hydrogen-bond acceptors (Lipinski definition) is 4. The molecule has 0 fully saturated rings. The molecule has 0 atom stereocenters. The van der Waals surface area contributed by atoms with Crippen LogP contribution >= 0.6 is 23.2 Å². The Bertz CT molecular complexity index is 482. The number of halogens is 2. The molecule has 0 saturated carbocycles. The highest BCUT2D eigenvalue weighted by Gasteiger charge is 2.17. The van der Waals surface area contributed by atoms with Crippen LogP contribution in [0, 0.1) is 0 Å². The third kappa shape index (κ3) is 5.25. The fourth-order valence-electron chi connectivity index (χ4n) is 1.83. The summed E-state index contributed by atoms with van der Waals surface area (Å²) >= 11 is 12.4. The SMILES string of the molecule is CCCNc1nc(N(CCC)CC(=O)NC)c(Cl)cc1Cl. The average Bonchev–Trinajstić information content (AvgIpc) is 2.46. The summed E-state index contributed by atoms with van der Waals surface area (Å²) in [5, 5.41) is 6.70. The largest absolute Gasteiger partial charge is 0.369 e. The Kier molecular flexibility index (Phi) is 7.61. The van der Waals surface area contributed by atoms with Gasteiger partial charge in [-0.15, -0.1) is 0 Å². The molecule has 0 aliphatic rings. The Labute approximate surface area is 136 Å². The second-order valence-corrected chi connectivity index (χ2v) is 5.46. The maximum absolute atomic E-state index is 11.6. The van der Waals surface area contributed by atoms with E-state index in [4.69, 9.17) is 23.2 Å². The summed E-state index contributed by atoms with van der Waals surface area (Å²) in [5.74, 6) is 1.08. The Morgan fingerprint density at radius 2 is 2.00 bits per heavy atom.